The Hall–Kier alpha value is -2.91. The lowest BCUT2D eigenvalue weighted by atomic mass is 10.0. The number of anilines is 1. The second kappa shape index (κ2) is 8.09. The van der Waals surface area contributed by atoms with Crippen molar-refractivity contribution in [3.05, 3.63) is 65.5 Å². The number of nitrogens with one attached hydrogen (secondary N) is 2. The van der Waals surface area contributed by atoms with E-state index < -0.39 is 18.0 Å². The van der Waals surface area contributed by atoms with Gasteiger partial charge in [-0.2, -0.15) is 5.26 Å². The molecule has 2 rings (SSSR count). The smallest absolute Gasteiger partial charge is 0.319 e. The Morgan fingerprint density at radius 2 is 2.00 bits per heavy atom. The van der Waals surface area contributed by atoms with E-state index in [-0.39, 0.29) is 17.3 Å². The average molecular weight is 327 g/mol. The van der Waals surface area contributed by atoms with E-state index >= 15 is 0 Å². The fourth-order valence-electron chi connectivity index (χ4n) is 2.31. The minimum atomic E-state index is -0.693. The van der Waals surface area contributed by atoms with E-state index in [1.54, 1.807) is 6.92 Å². The maximum Gasteiger partial charge on any atom is 0.319 e. The van der Waals surface area contributed by atoms with Gasteiger partial charge in [0.15, 0.2) is 0 Å². The predicted molar refractivity (Wildman–Crippen MR) is 88.8 cm³/mol. The first-order chi connectivity index (χ1) is 11.5. The number of nitrogens with zero attached hydrogens (tertiary/aromatic N) is 1. The van der Waals surface area contributed by atoms with Gasteiger partial charge in [-0.1, -0.05) is 30.3 Å². The number of nitriles is 1. The van der Waals surface area contributed by atoms with Gasteiger partial charge in [0.2, 0.25) is 0 Å². The molecule has 0 aliphatic rings. The Morgan fingerprint density at radius 3 is 2.67 bits per heavy atom. The zero-order chi connectivity index (χ0) is 17.5. The molecule has 0 radical (unpaired) electrons. The number of aliphatic hydroxyl groups excluding tert-OH is 1. The summed E-state index contributed by atoms with van der Waals surface area (Å²) in [6.45, 7) is 1.77. The van der Waals surface area contributed by atoms with Crippen LogP contribution in [0.25, 0.3) is 0 Å². The van der Waals surface area contributed by atoms with Gasteiger partial charge in [-0.3, -0.25) is 0 Å². The average Bonchev–Trinajstić information content (AvgIpc) is 2.57. The molecule has 2 aromatic rings. The van der Waals surface area contributed by atoms with Gasteiger partial charge in [0.25, 0.3) is 0 Å². The second-order valence-corrected chi connectivity index (χ2v) is 5.46. The van der Waals surface area contributed by atoms with E-state index in [9.17, 15) is 14.3 Å². The number of hydrogen-bond donors (Lipinski definition) is 3. The topological polar surface area (TPSA) is 85.2 Å². The lowest BCUT2D eigenvalue weighted by molar-refractivity contribution is 0.155. The number of rotatable bonds is 5. The van der Waals surface area contributed by atoms with Crippen LogP contribution in [-0.2, 0) is 0 Å². The van der Waals surface area contributed by atoms with Gasteiger partial charge in [-0.15, -0.1) is 0 Å². The lowest BCUT2D eigenvalue weighted by Gasteiger charge is -2.18. The van der Waals surface area contributed by atoms with Crippen LogP contribution in [0.3, 0.4) is 0 Å². The monoisotopic (exact) mass is 327 g/mol. The summed E-state index contributed by atoms with van der Waals surface area (Å²) in [4.78, 5) is 12.0. The Balaban J connectivity index is 1.91. The molecule has 0 heterocycles. The lowest BCUT2D eigenvalue weighted by Crippen LogP contribution is -2.37. The van der Waals surface area contributed by atoms with Crippen molar-refractivity contribution in [1.29, 1.82) is 5.26 Å². The molecule has 24 heavy (non-hydrogen) atoms. The van der Waals surface area contributed by atoms with Crippen molar-refractivity contribution in [1.82, 2.24) is 5.32 Å². The van der Waals surface area contributed by atoms with Crippen LogP contribution < -0.4 is 10.6 Å². The Labute approximate surface area is 139 Å². The molecule has 0 saturated carbocycles. The van der Waals surface area contributed by atoms with Crippen molar-refractivity contribution in [3.8, 4) is 6.07 Å². The third-order valence-corrected chi connectivity index (χ3v) is 3.49. The van der Waals surface area contributed by atoms with Crippen molar-refractivity contribution in [2.45, 2.75) is 25.5 Å². The quantitative estimate of drug-likeness (QED) is 0.787. The van der Waals surface area contributed by atoms with Crippen molar-refractivity contribution in [2.24, 2.45) is 0 Å². The minimum Gasteiger partial charge on any atom is -0.388 e. The highest BCUT2D eigenvalue weighted by atomic mass is 19.1. The number of aliphatic hydroxyl groups is 1. The highest BCUT2D eigenvalue weighted by molar-refractivity contribution is 5.90. The molecule has 0 aliphatic carbocycles. The van der Waals surface area contributed by atoms with E-state index in [4.69, 9.17) is 5.26 Å². The largest absolute Gasteiger partial charge is 0.388 e. The second-order valence-electron chi connectivity index (χ2n) is 5.46. The van der Waals surface area contributed by atoms with E-state index in [1.807, 2.05) is 36.4 Å². The number of amides is 2. The Morgan fingerprint density at radius 1 is 1.29 bits per heavy atom. The molecule has 2 amide bonds. The van der Waals surface area contributed by atoms with E-state index in [0.717, 1.165) is 11.6 Å². The van der Waals surface area contributed by atoms with Crippen LogP contribution >= 0.6 is 0 Å². The fraction of sp³-hybridized carbons (Fsp3) is 0.222. The van der Waals surface area contributed by atoms with Gasteiger partial charge in [-0.05, 0) is 37.1 Å². The standard InChI is InChI=1S/C18H18FN3O2/c1-12(9-17(23)13-5-3-2-4-6-13)21-18(24)22-16-8-7-15(19)10-14(16)11-20/h2-8,10,12,17,23H,9H2,1H3,(H2,21,22,24). The van der Waals surface area contributed by atoms with Crippen LogP contribution in [0.1, 0.15) is 30.6 Å². The Bertz CT molecular complexity index is 744. The SMILES string of the molecule is CC(CC(O)c1ccccc1)NC(=O)Nc1ccc(F)cc1C#N. The van der Waals surface area contributed by atoms with Crippen LogP contribution in [0.5, 0.6) is 0 Å². The molecular formula is C18H18FN3O2. The van der Waals surface area contributed by atoms with Crippen LogP contribution in [0.15, 0.2) is 48.5 Å². The molecule has 0 saturated heterocycles. The highest BCUT2D eigenvalue weighted by Crippen LogP contribution is 2.18. The van der Waals surface area contributed by atoms with Crippen molar-refractivity contribution in [3.63, 3.8) is 0 Å². The zero-order valence-electron chi connectivity index (χ0n) is 13.2. The number of benzene rings is 2. The first-order valence-electron chi connectivity index (χ1n) is 7.49. The third-order valence-electron chi connectivity index (χ3n) is 3.49. The summed E-state index contributed by atoms with van der Waals surface area (Å²) in [6.07, 6.45) is -0.353. The van der Waals surface area contributed by atoms with Gasteiger partial charge in [0, 0.05) is 6.04 Å². The van der Waals surface area contributed by atoms with Gasteiger partial charge >= 0.3 is 6.03 Å². The van der Waals surface area contributed by atoms with Crippen molar-refractivity contribution < 1.29 is 14.3 Å². The van der Waals surface area contributed by atoms with E-state index in [1.165, 1.54) is 12.1 Å². The summed E-state index contributed by atoms with van der Waals surface area (Å²) < 4.78 is 13.1. The number of carbonyl (C=O) groups is 1. The molecular weight excluding hydrogens is 309 g/mol. The summed E-state index contributed by atoms with van der Waals surface area (Å²) in [5.74, 6) is -0.545. The number of carbonyl (C=O) groups excluding carboxylic acids is 1. The van der Waals surface area contributed by atoms with Crippen molar-refractivity contribution >= 4 is 11.7 Å². The van der Waals surface area contributed by atoms with Crippen LogP contribution in [0.4, 0.5) is 14.9 Å². The molecule has 6 heteroatoms. The molecule has 0 fully saturated rings. The predicted octanol–water partition coefficient (Wildman–Crippen LogP) is 3.33. The van der Waals surface area contributed by atoms with Crippen LogP contribution in [0.2, 0.25) is 0 Å². The van der Waals surface area contributed by atoms with E-state index in [2.05, 4.69) is 10.6 Å². The molecule has 2 atom stereocenters. The first kappa shape index (κ1) is 17.4. The fourth-order valence-corrected chi connectivity index (χ4v) is 2.31. The van der Waals surface area contributed by atoms with Gasteiger partial charge in [-0.25, -0.2) is 9.18 Å². The van der Waals surface area contributed by atoms with Crippen LogP contribution in [-0.4, -0.2) is 17.2 Å². The summed E-state index contributed by atoms with van der Waals surface area (Å²) in [6, 6.07) is 13.7. The van der Waals surface area contributed by atoms with Gasteiger partial charge in [0.05, 0.1) is 17.4 Å². The molecule has 0 spiro atoms. The molecule has 2 unspecified atom stereocenters. The van der Waals surface area contributed by atoms with Gasteiger partial charge < -0.3 is 15.7 Å². The summed E-state index contributed by atoms with van der Waals surface area (Å²) in [7, 11) is 0. The minimum absolute atomic E-state index is 0.0436. The Kier molecular flexibility index (Phi) is 5.88. The molecule has 0 aromatic heterocycles. The molecule has 2 aromatic carbocycles. The number of hydrogen-bond acceptors (Lipinski definition) is 3. The molecule has 0 bridgehead atoms. The summed E-state index contributed by atoms with van der Waals surface area (Å²) in [5.41, 5.74) is 1.05. The zero-order valence-corrected chi connectivity index (χ0v) is 13.2. The van der Waals surface area contributed by atoms with Crippen LogP contribution in [0, 0.1) is 17.1 Å². The number of urea groups is 1. The molecule has 3 N–H and O–H groups in total. The normalized spacial score (nSPS) is 12.8. The summed E-state index contributed by atoms with van der Waals surface area (Å²) in [5, 5.41) is 24.3. The van der Waals surface area contributed by atoms with E-state index in [0.29, 0.717) is 6.42 Å². The first-order valence-corrected chi connectivity index (χ1v) is 7.49. The number of halogens is 1. The highest BCUT2D eigenvalue weighted by Gasteiger charge is 2.15. The molecule has 0 aliphatic heterocycles. The third kappa shape index (κ3) is 4.80. The van der Waals surface area contributed by atoms with Gasteiger partial charge in [0.1, 0.15) is 11.9 Å². The van der Waals surface area contributed by atoms with Crippen molar-refractivity contribution in [2.75, 3.05) is 5.32 Å². The summed E-state index contributed by atoms with van der Waals surface area (Å²) >= 11 is 0. The maximum atomic E-state index is 13.1. The molecule has 5 nitrogen and oxygen atoms in total. The molecule has 124 valence electrons. The maximum absolute atomic E-state index is 13.1.